The molecule has 2 rings (SSSR count). The summed E-state index contributed by atoms with van der Waals surface area (Å²) in [6, 6.07) is 8.17. The Morgan fingerprint density at radius 2 is 2.25 bits per heavy atom. The van der Waals surface area contributed by atoms with Gasteiger partial charge in [-0.3, -0.25) is 4.79 Å². The van der Waals surface area contributed by atoms with Crippen LogP contribution in [0.3, 0.4) is 0 Å². The van der Waals surface area contributed by atoms with Crippen molar-refractivity contribution in [1.82, 2.24) is 10.6 Å². The molecule has 1 aliphatic heterocycles. The van der Waals surface area contributed by atoms with Crippen molar-refractivity contribution in [2.75, 3.05) is 13.2 Å². The van der Waals surface area contributed by atoms with Crippen LogP contribution in [0.25, 0.3) is 0 Å². The van der Waals surface area contributed by atoms with Gasteiger partial charge in [0.05, 0.1) is 6.61 Å². The first-order valence-corrected chi connectivity index (χ1v) is 7.00. The van der Waals surface area contributed by atoms with Gasteiger partial charge in [0.15, 0.2) is 0 Å². The van der Waals surface area contributed by atoms with Crippen LogP contribution in [0.15, 0.2) is 24.3 Å². The topological polar surface area (TPSA) is 50.4 Å². The molecule has 5 heteroatoms. The highest BCUT2D eigenvalue weighted by molar-refractivity contribution is 5.85. The van der Waals surface area contributed by atoms with Crippen molar-refractivity contribution < 1.29 is 9.53 Å². The Morgan fingerprint density at radius 1 is 1.45 bits per heavy atom. The van der Waals surface area contributed by atoms with Crippen molar-refractivity contribution in [2.24, 2.45) is 0 Å². The highest BCUT2D eigenvalue weighted by Gasteiger charge is 2.17. The summed E-state index contributed by atoms with van der Waals surface area (Å²) >= 11 is 0. The van der Waals surface area contributed by atoms with Gasteiger partial charge < -0.3 is 15.4 Å². The lowest BCUT2D eigenvalue weighted by atomic mass is 10.1. The van der Waals surface area contributed by atoms with E-state index in [1.165, 1.54) is 6.42 Å². The molecule has 4 nitrogen and oxygen atoms in total. The molecule has 1 aromatic rings. The molecule has 2 N–H and O–H groups in total. The molecule has 0 bridgehead atoms. The van der Waals surface area contributed by atoms with Crippen molar-refractivity contribution in [3.8, 4) is 5.75 Å². The maximum Gasteiger partial charge on any atom is 0.221 e. The van der Waals surface area contributed by atoms with E-state index in [4.69, 9.17) is 4.74 Å². The van der Waals surface area contributed by atoms with E-state index >= 15 is 0 Å². The van der Waals surface area contributed by atoms with Crippen molar-refractivity contribution >= 4 is 18.3 Å². The second-order valence-corrected chi connectivity index (χ2v) is 4.81. The maximum absolute atomic E-state index is 11.8. The number of amides is 1. The number of benzene rings is 1. The molecular formula is C15H23ClN2O2. The zero-order valence-electron chi connectivity index (χ0n) is 11.9. The number of para-hydroxylation sites is 1. The van der Waals surface area contributed by atoms with E-state index in [1.807, 2.05) is 31.2 Å². The average molecular weight is 299 g/mol. The van der Waals surface area contributed by atoms with Gasteiger partial charge in [-0.25, -0.2) is 0 Å². The molecule has 1 heterocycles. The summed E-state index contributed by atoms with van der Waals surface area (Å²) in [4.78, 5) is 11.8. The summed E-state index contributed by atoms with van der Waals surface area (Å²) < 4.78 is 5.54. The number of halogens is 1. The lowest BCUT2D eigenvalue weighted by Crippen LogP contribution is -2.31. The van der Waals surface area contributed by atoms with E-state index < -0.39 is 0 Å². The second kappa shape index (κ2) is 8.82. The predicted molar refractivity (Wildman–Crippen MR) is 82.3 cm³/mol. The van der Waals surface area contributed by atoms with Crippen LogP contribution in [0.1, 0.15) is 31.7 Å². The first-order valence-electron chi connectivity index (χ1n) is 7.00. The highest BCUT2D eigenvalue weighted by Crippen LogP contribution is 2.17. The molecule has 1 atom stereocenters. The van der Waals surface area contributed by atoms with Crippen LogP contribution in [0.2, 0.25) is 0 Å². The Balaban J connectivity index is 0.00000200. The SMILES string of the molecule is CCOc1ccccc1CNC(=O)CC1CCCN1.Cl. The van der Waals surface area contributed by atoms with E-state index in [9.17, 15) is 4.79 Å². The minimum Gasteiger partial charge on any atom is -0.494 e. The van der Waals surface area contributed by atoms with Crippen LogP contribution < -0.4 is 15.4 Å². The molecule has 1 aliphatic rings. The molecule has 0 saturated carbocycles. The van der Waals surface area contributed by atoms with Crippen molar-refractivity contribution in [3.05, 3.63) is 29.8 Å². The van der Waals surface area contributed by atoms with Gasteiger partial charge in [-0.15, -0.1) is 12.4 Å². The number of ether oxygens (including phenoxy) is 1. The lowest BCUT2D eigenvalue weighted by Gasteiger charge is -2.13. The molecule has 1 saturated heterocycles. The van der Waals surface area contributed by atoms with Crippen molar-refractivity contribution in [3.63, 3.8) is 0 Å². The van der Waals surface area contributed by atoms with Crippen LogP contribution in [0.5, 0.6) is 5.75 Å². The maximum atomic E-state index is 11.8. The molecule has 20 heavy (non-hydrogen) atoms. The number of carbonyl (C=O) groups excluding carboxylic acids is 1. The Bertz CT molecular complexity index is 420. The van der Waals surface area contributed by atoms with Crippen LogP contribution in [0.4, 0.5) is 0 Å². The number of nitrogens with one attached hydrogen (secondary N) is 2. The number of rotatable bonds is 6. The summed E-state index contributed by atoms with van der Waals surface area (Å²) in [5.41, 5.74) is 1.03. The molecule has 0 radical (unpaired) electrons. The first-order chi connectivity index (χ1) is 9.29. The normalized spacial score (nSPS) is 17.4. The zero-order chi connectivity index (χ0) is 13.5. The van der Waals surface area contributed by atoms with E-state index in [-0.39, 0.29) is 18.3 Å². The minimum absolute atomic E-state index is 0. The Labute approximate surface area is 126 Å². The second-order valence-electron chi connectivity index (χ2n) is 4.81. The standard InChI is InChI=1S/C15H22N2O2.ClH/c1-2-19-14-8-4-3-6-12(14)11-17-15(18)10-13-7-5-9-16-13;/h3-4,6,8,13,16H,2,5,7,9-11H2,1H3,(H,17,18);1H. The molecule has 1 aromatic carbocycles. The van der Waals surface area contributed by atoms with Gasteiger partial charge in [-0.1, -0.05) is 18.2 Å². The van der Waals surface area contributed by atoms with Gasteiger partial charge in [0, 0.05) is 24.6 Å². The van der Waals surface area contributed by atoms with Gasteiger partial charge >= 0.3 is 0 Å². The predicted octanol–water partition coefficient (Wildman–Crippen LogP) is 2.27. The fourth-order valence-corrected chi connectivity index (χ4v) is 2.37. The van der Waals surface area contributed by atoms with Gasteiger partial charge in [0.25, 0.3) is 0 Å². The van der Waals surface area contributed by atoms with E-state index in [0.717, 1.165) is 24.3 Å². The minimum atomic E-state index is 0. The van der Waals surface area contributed by atoms with E-state index in [2.05, 4.69) is 10.6 Å². The quantitative estimate of drug-likeness (QED) is 0.847. The van der Waals surface area contributed by atoms with Gasteiger partial charge in [0.2, 0.25) is 5.91 Å². The molecule has 1 unspecified atom stereocenters. The number of hydrogen-bond donors (Lipinski definition) is 2. The summed E-state index contributed by atoms with van der Waals surface area (Å²) in [7, 11) is 0. The van der Waals surface area contributed by atoms with Gasteiger partial charge in [-0.05, 0) is 32.4 Å². The third-order valence-electron chi connectivity index (χ3n) is 3.34. The fraction of sp³-hybridized carbons (Fsp3) is 0.533. The molecule has 112 valence electrons. The average Bonchev–Trinajstić information content (AvgIpc) is 2.91. The van der Waals surface area contributed by atoms with Crippen LogP contribution >= 0.6 is 12.4 Å². The largest absolute Gasteiger partial charge is 0.494 e. The summed E-state index contributed by atoms with van der Waals surface area (Å²) in [5.74, 6) is 0.954. The Kier molecular flexibility index (Phi) is 7.41. The summed E-state index contributed by atoms with van der Waals surface area (Å²) in [6.07, 6.45) is 2.84. The molecule has 0 aliphatic carbocycles. The first kappa shape index (κ1) is 16.8. The molecule has 1 amide bonds. The molecule has 0 aromatic heterocycles. The number of carbonyl (C=O) groups is 1. The highest BCUT2D eigenvalue weighted by atomic mass is 35.5. The Hall–Kier alpha value is -1.26. The van der Waals surface area contributed by atoms with Crippen molar-refractivity contribution in [1.29, 1.82) is 0 Å². The molecule has 1 fully saturated rings. The smallest absolute Gasteiger partial charge is 0.221 e. The molecule has 0 spiro atoms. The zero-order valence-corrected chi connectivity index (χ0v) is 12.7. The summed E-state index contributed by atoms with van der Waals surface area (Å²) in [6.45, 7) is 4.16. The van der Waals surface area contributed by atoms with Crippen molar-refractivity contribution in [2.45, 2.75) is 38.8 Å². The third kappa shape index (κ3) is 5.02. The third-order valence-corrected chi connectivity index (χ3v) is 3.34. The van der Waals surface area contributed by atoms with Crippen LogP contribution in [0, 0.1) is 0 Å². The number of hydrogen-bond acceptors (Lipinski definition) is 3. The van der Waals surface area contributed by atoms with Gasteiger partial charge in [0.1, 0.15) is 5.75 Å². The van der Waals surface area contributed by atoms with Crippen LogP contribution in [-0.2, 0) is 11.3 Å². The van der Waals surface area contributed by atoms with Crippen LogP contribution in [-0.4, -0.2) is 25.1 Å². The van der Waals surface area contributed by atoms with E-state index in [1.54, 1.807) is 0 Å². The summed E-state index contributed by atoms with van der Waals surface area (Å²) in [5, 5.41) is 6.30. The lowest BCUT2D eigenvalue weighted by molar-refractivity contribution is -0.121. The van der Waals surface area contributed by atoms with Gasteiger partial charge in [-0.2, -0.15) is 0 Å². The van der Waals surface area contributed by atoms with E-state index in [0.29, 0.717) is 25.6 Å². The Morgan fingerprint density at radius 3 is 2.95 bits per heavy atom. The molecular weight excluding hydrogens is 276 g/mol. The fourth-order valence-electron chi connectivity index (χ4n) is 2.37. The monoisotopic (exact) mass is 298 g/mol.